The van der Waals surface area contributed by atoms with E-state index in [0.29, 0.717) is 12.0 Å². The lowest BCUT2D eigenvalue weighted by Gasteiger charge is -2.40. The SMILES string of the molecule is CCN1CCN(CC(N)C2CCOC2)CC1C. The van der Waals surface area contributed by atoms with E-state index in [2.05, 4.69) is 23.6 Å². The zero-order valence-corrected chi connectivity index (χ0v) is 11.3. The van der Waals surface area contributed by atoms with Crippen molar-refractivity contribution < 1.29 is 4.74 Å². The molecule has 2 heterocycles. The first kappa shape index (κ1) is 13.3. The largest absolute Gasteiger partial charge is 0.381 e. The molecular weight excluding hydrogens is 214 g/mol. The number of hydrogen-bond acceptors (Lipinski definition) is 4. The number of nitrogens with zero attached hydrogens (tertiary/aromatic N) is 2. The van der Waals surface area contributed by atoms with Crippen LogP contribution in [0.3, 0.4) is 0 Å². The average Bonchev–Trinajstić information content (AvgIpc) is 2.82. The van der Waals surface area contributed by atoms with Crippen molar-refractivity contribution in [2.24, 2.45) is 11.7 Å². The second-order valence-electron chi connectivity index (χ2n) is 5.52. The lowest BCUT2D eigenvalue weighted by atomic mass is 9.99. The van der Waals surface area contributed by atoms with Gasteiger partial charge in [-0.25, -0.2) is 0 Å². The summed E-state index contributed by atoms with van der Waals surface area (Å²) >= 11 is 0. The molecule has 3 unspecified atom stereocenters. The van der Waals surface area contributed by atoms with Gasteiger partial charge in [-0.05, 0) is 19.9 Å². The number of likely N-dealkylation sites (N-methyl/N-ethyl adjacent to an activating group) is 1. The van der Waals surface area contributed by atoms with Gasteiger partial charge in [-0.3, -0.25) is 9.80 Å². The monoisotopic (exact) mass is 241 g/mol. The highest BCUT2D eigenvalue weighted by Crippen LogP contribution is 2.17. The van der Waals surface area contributed by atoms with Crippen molar-refractivity contribution in [1.82, 2.24) is 9.80 Å². The van der Waals surface area contributed by atoms with Gasteiger partial charge in [0.1, 0.15) is 0 Å². The molecule has 0 radical (unpaired) electrons. The van der Waals surface area contributed by atoms with E-state index < -0.39 is 0 Å². The third-order valence-corrected chi connectivity index (χ3v) is 4.29. The maximum absolute atomic E-state index is 6.29. The molecule has 0 bridgehead atoms. The van der Waals surface area contributed by atoms with Gasteiger partial charge in [-0.15, -0.1) is 0 Å². The minimum absolute atomic E-state index is 0.290. The van der Waals surface area contributed by atoms with Crippen LogP contribution in [0.4, 0.5) is 0 Å². The zero-order chi connectivity index (χ0) is 12.3. The van der Waals surface area contributed by atoms with Gasteiger partial charge in [-0.2, -0.15) is 0 Å². The highest BCUT2D eigenvalue weighted by atomic mass is 16.5. The van der Waals surface area contributed by atoms with Crippen LogP contribution >= 0.6 is 0 Å². The molecule has 2 aliphatic rings. The van der Waals surface area contributed by atoms with E-state index in [1.165, 1.54) is 13.1 Å². The Hall–Kier alpha value is -0.160. The summed E-state index contributed by atoms with van der Waals surface area (Å²) < 4.78 is 5.42. The quantitative estimate of drug-likeness (QED) is 0.772. The van der Waals surface area contributed by atoms with Crippen molar-refractivity contribution in [2.75, 3.05) is 45.9 Å². The second-order valence-corrected chi connectivity index (χ2v) is 5.52. The van der Waals surface area contributed by atoms with E-state index in [0.717, 1.165) is 39.3 Å². The Morgan fingerprint density at radius 3 is 2.82 bits per heavy atom. The zero-order valence-electron chi connectivity index (χ0n) is 11.3. The molecule has 0 aromatic carbocycles. The van der Waals surface area contributed by atoms with E-state index in [9.17, 15) is 0 Å². The molecule has 0 aliphatic carbocycles. The number of ether oxygens (including phenoxy) is 1. The van der Waals surface area contributed by atoms with Gasteiger partial charge in [-0.1, -0.05) is 6.92 Å². The molecule has 3 atom stereocenters. The van der Waals surface area contributed by atoms with Gasteiger partial charge >= 0.3 is 0 Å². The molecule has 0 amide bonds. The minimum Gasteiger partial charge on any atom is -0.381 e. The summed E-state index contributed by atoms with van der Waals surface area (Å²) in [5.74, 6) is 0.578. The first-order chi connectivity index (χ1) is 8.20. The van der Waals surface area contributed by atoms with Gasteiger partial charge in [0.05, 0.1) is 6.61 Å². The Morgan fingerprint density at radius 2 is 2.24 bits per heavy atom. The Labute approximate surface area is 105 Å². The predicted octanol–water partition coefficient (Wildman–Crippen LogP) is 0.376. The molecule has 4 nitrogen and oxygen atoms in total. The molecule has 0 aromatic rings. The fraction of sp³-hybridized carbons (Fsp3) is 1.00. The number of hydrogen-bond donors (Lipinski definition) is 1. The van der Waals surface area contributed by atoms with Crippen molar-refractivity contribution in [3.05, 3.63) is 0 Å². The molecular formula is C13H27N3O. The van der Waals surface area contributed by atoms with Crippen LogP contribution in [0.5, 0.6) is 0 Å². The summed E-state index contributed by atoms with van der Waals surface area (Å²) in [6.45, 7) is 12.0. The Kier molecular flexibility index (Phi) is 4.79. The van der Waals surface area contributed by atoms with Crippen molar-refractivity contribution in [3.63, 3.8) is 0 Å². The van der Waals surface area contributed by atoms with Crippen LogP contribution in [0.25, 0.3) is 0 Å². The van der Waals surface area contributed by atoms with Crippen LogP contribution in [-0.2, 0) is 4.74 Å². The summed E-state index contributed by atoms with van der Waals surface area (Å²) in [5.41, 5.74) is 6.29. The van der Waals surface area contributed by atoms with E-state index in [1.807, 2.05) is 0 Å². The van der Waals surface area contributed by atoms with Gasteiger partial charge < -0.3 is 10.5 Å². The van der Waals surface area contributed by atoms with Gasteiger partial charge in [0.15, 0.2) is 0 Å². The van der Waals surface area contributed by atoms with Gasteiger partial charge in [0.25, 0.3) is 0 Å². The number of piperazine rings is 1. The molecule has 2 aliphatic heterocycles. The highest BCUT2D eigenvalue weighted by Gasteiger charge is 2.27. The summed E-state index contributed by atoms with van der Waals surface area (Å²) in [4.78, 5) is 5.07. The standard InChI is InChI=1S/C13H27N3O/c1-3-16-6-5-15(8-11(16)2)9-13(14)12-4-7-17-10-12/h11-13H,3-10,14H2,1-2H3. The van der Waals surface area contributed by atoms with Crippen molar-refractivity contribution in [3.8, 4) is 0 Å². The molecule has 2 fully saturated rings. The lowest BCUT2D eigenvalue weighted by molar-refractivity contribution is 0.0780. The van der Waals surface area contributed by atoms with Gasteiger partial charge in [0, 0.05) is 50.8 Å². The van der Waals surface area contributed by atoms with Crippen LogP contribution < -0.4 is 5.73 Å². The minimum atomic E-state index is 0.290. The van der Waals surface area contributed by atoms with Crippen LogP contribution in [0.15, 0.2) is 0 Å². The molecule has 2 saturated heterocycles. The summed E-state index contributed by atoms with van der Waals surface area (Å²) in [6, 6.07) is 0.957. The number of rotatable bonds is 4. The number of nitrogens with two attached hydrogens (primary N) is 1. The summed E-state index contributed by atoms with van der Waals surface area (Å²) in [6.07, 6.45) is 1.14. The molecule has 2 N–H and O–H groups in total. The van der Waals surface area contributed by atoms with E-state index in [4.69, 9.17) is 10.5 Å². The van der Waals surface area contributed by atoms with E-state index >= 15 is 0 Å². The maximum Gasteiger partial charge on any atom is 0.0510 e. The van der Waals surface area contributed by atoms with E-state index in [-0.39, 0.29) is 6.04 Å². The normalized spacial score (nSPS) is 34.1. The first-order valence-electron chi connectivity index (χ1n) is 7.00. The first-order valence-corrected chi connectivity index (χ1v) is 7.00. The highest BCUT2D eigenvalue weighted by molar-refractivity contribution is 4.84. The molecule has 17 heavy (non-hydrogen) atoms. The van der Waals surface area contributed by atoms with Gasteiger partial charge in [0.2, 0.25) is 0 Å². The second kappa shape index (κ2) is 6.14. The molecule has 2 rings (SSSR count). The molecule has 100 valence electrons. The maximum atomic E-state index is 6.29. The molecule has 0 aromatic heterocycles. The fourth-order valence-corrected chi connectivity index (χ4v) is 3.04. The summed E-state index contributed by atoms with van der Waals surface area (Å²) in [5, 5.41) is 0. The third kappa shape index (κ3) is 3.41. The fourth-order valence-electron chi connectivity index (χ4n) is 3.04. The third-order valence-electron chi connectivity index (χ3n) is 4.29. The predicted molar refractivity (Wildman–Crippen MR) is 70.1 cm³/mol. The molecule has 0 spiro atoms. The van der Waals surface area contributed by atoms with Crippen LogP contribution in [0.2, 0.25) is 0 Å². The topological polar surface area (TPSA) is 41.7 Å². The molecule has 4 heteroatoms. The Balaban J connectivity index is 1.76. The van der Waals surface area contributed by atoms with E-state index in [1.54, 1.807) is 0 Å². The van der Waals surface area contributed by atoms with Crippen molar-refractivity contribution >= 4 is 0 Å². The van der Waals surface area contributed by atoms with Crippen LogP contribution in [0, 0.1) is 5.92 Å². The molecule has 0 saturated carbocycles. The van der Waals surface area contributed by atoms with Crippen molar-refractivity contribution in [1.29, 1.82) is 0 Å². The summed E-state index contributed by atoms with van der Waals surface area (Å²) in [7, 11) is 0. The van der Waals surface area contributed by atoms with Crippen molar-refractivity contribution in [2.45, 2.75) is 32.4 Å². The van der Waals surface area contributed by atoms with Crippen LogP contribution in [0.1, 0.15) is 20.3 Å². The van der Waals surface area contributed by atoms with Crippen LogP contribution in [-0.4, -0.2) is 67.8 Å². The average molecular weight is 241 g/mol. The Bertz CT molecular complexity index is 231. The lowest BCUT2D eigenvalue weighted by Crippen LogP contribution is -2.54. The smallest absolute Gasteiger partial charge is 0.0510 e. The Morgan fingerprint density at radius 1 is 1.41 bits per heavy atom.